The summed E-state index contributed by atoms with van der Waals surface area (Å²) in [5.41, 5.74) is 3.71. The van der Waals surface area contributed by atoms with Gasteiger partial charge in [-0.1, -0.05) is 23.7 Å². The number of benzene rings is 2. The summed E-state index contributed by atoms with van der Waals surface area (Å²) in [5.74, 6) is 0.595. The van der Waals surface area contributed by atoms with E-state index in [4.69, 9.17) is 16.4 Å². The molecule has 3 aromatic rings. The largest absolute Gasteiger partial charge is 0.381 e. The normalized spacial score (nSPS) is 12.5. The van der Waals surface area contributed by atoms with Gasteiger partial charge in [0.05, 0.1) is 21.3 Å². The minimum Gasteiger partial charge on any atom is -0.381 e. The van der Waals surface area contributed by atoms with Gasteiger partial charge in [0, 0.05) is 5.39 Å². The molecule has 0 amide bonds. The second-order valence-corrected chi connectivity index (χ2v) is 4.72. The highest BCUT2D eigenvalue weighted by molar-refractivity contribution is 6.35. The average molecular weight is 271 g/mol. The molecule has 4 nitrogen and oxygen atoms in total. The first-order valence-electron chi connectivity index (χ1n) is 5.74. The maximum Gasteiger partial charge on any atom is 0.278 e. The smallest absolute Gasteiger partial charge is 0.278 e. The van der Waals surface area contributed by atoms with E-state index in [1.807, 2.05) is 18.2 Å². The van der Waals surface area contributed by atoms with E-state index in [9.17, 15) is 4.79 Å². The Morgan fingerprint density at radius 2 is 1.95 bits per heavy atom. The Kier molecular flexibility index (Phi) is 2.00. The first kappa shape index (κ1) is 10.6. The van der Waals surface area contributed by atoms with Crippen LogP contribution in [0.2, 0.25) is 5.02 Å². The van der Waals surface area contributed by atoms with Crippen LogP contribution in [0.4, 0.5) is 5.69 Å². The molecule has 0 radical (unpaired) electrons. The van der Waals surface area contributed by atoms with Crippen molar-refractivity contribution in [1.82, 2.24) is 4.98 Å². The van der Waals surface area contributed by atoms with Gasteiger partial charge in [-0.05, 0) is 24.3 Å². The Morgan fingerprint density at radius 3 is 2.84 bits per heavy atom. The third-order valence-corrected chi connectivity index (χ3v) is 3.55. The van der Waals surface area contributed by atoms with Gasteiger partial charge < -0.3 is 4.84 Å². The molecule has 1 aliphatic heterocycles. The van der Waals surface area contributed by atoms with Gasteiger partial charge in [-0.25, -0.2) is 10.5 Å². The van der Waals surface area contributed by atoms with Crippen molar-refractivity contribution in [3.8, 4) is 5.75 Å². The fraction of sp³-hybridized carbons (Fsp3) is 0. The molecule has 19 heavy (non-hydrogen) atoms. The van der Waals surface area contributed by atoms with Crippen molar-refractivity contribution >= 4 is 39.0 Å². The summed E-state index contributed by atoms with van der Waals surface area (Å²) in [7, 11) is 0. The lowest BCUT2D eigenvalue weighted by Crippen LogP contribution is -2.03. The summed E-state index contributed by atoms with van der Waals surface area (Å²) in [6.45, 7) is 0. The number of para-hydroxylation sites is 1. The van der Waals surface area contributed by atoms with Gasteiger partial charge in [0.15, 0.2) is 5.75 Å². The van der Waals surface area contributed by atoms with Crippen LogP contribution in [0.1, 0.15) is 0 Å². The van der Waals surface area contributed by atoms with Crippen LogP contribution in [-0.2, 0) is 0 Å². The highest BCUT2D eigenvalue weighted by Gasteiger charge is 2.22. The van der Waals surface area contributed by atoms with Gasteiger partial charge in [0.1, 0.15) is 5.69 Å². The molecule has 0 aliphatic carbocycles. The monoisotopic (exact) mass is 270 g/mol. The average Bonchev–Trinajstić information content (AvgIpc) is 2.80. The van der Waals surface area contributed by atoms with Gasteiger partial charge >= 0.3 is 0 Å². The minimum absolute atomic E-state index is 0.289. The molecule has 1 aromatic heterocycles. The van der Waals surface area contributed by atoms with Crippen LogP contribution in [0.5, 0.6) is 5.75 Å². The predicted molar refractivity (Wildman–Crippen MR) is 74.8 cm³/mol. The summed E-state index contributed by atoms with van der Waals surface area (Å²) in [6.07, 6.45) is 0. The van der Waals surface area contributed by atoms with Gasteiger partial charge in [0.2, 0.25) is 0 Å². The Hall–Kier alpha value is -2.33. The quantitative estimate of drug-likeness (QED) is 0.682. The van der Waals surface area contributed by atoms with E-state index in [1.54, 1.807) is 18.2 Å². The molecule has 0 atom stereocenters. The minimum atomic E-state index is -0.289. The Morgan fingerprint density at radius 1 is 1.11 bits per heavy atom. The molecule has 2 aromatic carbocycles. The molecule has 0 saturated carbocycles. The zero-order valence-electron chi connectivity index (χ0n) is 9.61. The molecular formula is C14H7ClN2O2. The van der Waals surface area contributed by atoms with E-state index in [2.05, 4.69) is 10.5 Å². The first-order valence-corrected chi connectivity index (χ1v) is 6.11. The molecular weight excluding hydrogens is 264 g/mol. The predicted octanol–water partition coefficient (Wildman–Crippen LogP) is 3.12. The van der Waals surface area contributed by atoms with E-state index in [-0.39, 0.29) is 5.56 Å². The summed E-state index contributed by atoms with van der Waals surface area (Å²) >= 11 is 6.12. The van der Waals surface area contributed by atoms with Crippen LogP contribution < -0.4 is 15.9 Å². The van der Waals surface area contributed by atoms with Crippen molar-refractivity contribution in [3.05, 3.63) is 51.8 Å². The van der Waals surface area contributed by atoms with Crippen LogP contribution in [0.15, 0.2) is 41.2 Å². The zero-order valence-corrected chi connectivity index (χ0v) is 10.4. The van der Waals surface area contributed by atoms with Crippen LogP contribution in [0.3, 0.4) is 0 Å². The maximum absolute atomic E-state index is 12.2. The van der Waals surface area contributed by atoms with Crippen LogP contribution in [-0.4, -0.2) is 4.98 Å². The number of halogens is 1. The van der Waals surface area contributed by atoms with E-state index in [0.717, 1.165) is 5.39 Å². The topological polar surface area (TPSA) is 51.2 Å². The Labute approximate surface area is 112 Å². The number of hydrogen-bond acceptors (Lipinski definition) is 4. The number of hydrogen-bond donors (Lipinski definition) is 1. The second kappa shape index (κ2) is 3.59. The SMILES string of the molecule is O=c1nc2ccccc2c2c3c(c(Cl)ccc13)NO2. The highest BCUT2D eigenvalue weighted by Crippen LogP contribution is 2.42. The standard InChI is InChI=1S/C14H7ClN2O2/c15-9-6-5-8-11-12(9)17-19-13(11)7-3-1-2-4-10(7)16-14(8)18/h1-6,17H. The molecule has 5 heteroatoms. The van der Waals surface area contributed by atoms with Crippen molar-refractivity contribution in [1.29, 1.82) is 0 Å². The van der Waals surface area contributed by atoms with E-state index < -0.39 is 0 Å². The van der Waals surface area contributed by atoms with Crippen molar-refractivity contribution in [2.75, 3.05) is 5.48 Å². The number of nitrogens with one attached hydrogen (secondary N) is 1. The molecule has 0 bridgehead atoms. The zero-order chi connectivity index (χ0) is 13.0. The molecule has 92 valence electrons. The van der Waals surface area contributed by atoms with E-state index in [0.29, 0.717) is 32.7 Å². The van der Waals surface area contributed by atoms with E-state index >= 15 is 0 Å². The molecule has 1 aliphatic rings. The third kappa shape index (κ3) is 1.34. The maximum atomic E-state index is 12.2. The Balaban J connectivity index is 2.42. The molecule has 0 unspecified atom stereocenters. The number of nitrogens with zero attached hydrogens (tertiary/aromatic N) is 1. The summed E-state index contributed by atoms with van der Waals surface area (Å²) < 4.78 is 0. The van der Waals surface area contributed by atoms with Gasteiger partial charge in [0.25, 0.3) is 5.56 Å². The third-order valence-electron chi connectivity index (χ3n) is 3.24. The van der Waals surface area contributed by atoms with Crippen molar-refractivity contribution < 1.29 is 4.84 Å². The first-order chi connectivity index (χ1) is 9.25. The van der Waals surface area contributed by atoms with Gasteiger partial charge in [-0.2, -0.15) is 0 Å². The lowest BCUT2D eigenvalue weighted by atomic mass is 10.1. The van der Waals surface area contributed by atoms with Crippen molar-refractivity contribution in [2.45, 2.75) is 0 Å². The summed E-state index contributed by atoms with van der Waals surface area (Å²) in [4.78, 5) is 21.8. The fourth-order valence-electron chi connectivity index (χ4n) is 2.37. The number of fused-ring (bicyclic) bond motifs is 2. The number of anilines is 1. The van der Waals surface area contributed by atoms with Crippen LogP contribution in [0.25, 0.3) is 21.7 Å². The molecule has 1 N–H and O–H groups in total. The summed E-state index contributed by atoms with van der Waals surface area (Å²) in [6, 6.07) is 10.7. The molecule has 0 saturated heterocycles. The lowest BCUT2D eigenvalue weighted by molar-refractivity contribution is 0.428. The van der Waals surface area contributed by atoms with Crippen molar-refractivity contribution in [3.63, 3.8) is 0 Å². The Bertz CT molecular complexity index is 909. The highest BCUT2D eigenvalue weighted by atomic mass is 35.5. The van der Waals surface area contributed by atoms with Crippen LogP contribution in [0, 0.1) is 0 Å². The molecule has 0 spiro atoms. The fourth-order valence-corrected chi connectivity index (χ4v) is 2.56. The molecule has 2 heterocycles. The number of aromatic nitrogens is 1. The number of rotatable bonds is 0. The molecule has 0 fully saturated rings. The lowest BCUT2D eigenvalue weighted by Gasteiger charge is -1.99. The summed E-state index contributed by atoms with van der Waals surface area (Å²) in [5, 5.41) is 2.48. The van der Waals surface area contributed by atoms with Crippen LogP contribution >= 0.6 is 11.6 Å². The van der Waals surface area contributed by atoms with Gasteiger partial charge in [-0.15, -0.1) is 0 Å². The second-order valence-electron chi connectivity index (χ2n) is 4.31. The molecule has 4 rings (SSSR count). The van der Waals surface area contributed by atoms with Gasteiger partial charge in [-0.3, -0.25) is 4.79 Å². The van der Waals surface area contributed by atoms with Crippen molar-refractivity contribution in [2.24, 2.45) is 0 Å². The van der Waals surface area contributed by atoms with E-state index in [1.165, 1.54) is 0 Å².